The molecule has 0 aromatic heterocycles. The molecule has 1 heterocycles. The van der Waals surface area contributed by atoms with E-state index in [9.17, 15) is 9.59 Å². The molecule has 0 N–H and O–H groups in total. The lowest BCUT2D eigenvalue weighted by Gasteiger charge is -2.27. The Morgan fingerprint density at radius 1 is 1.03 bits per heavy atom. The van der Waals surface area contributed by atoms with E-state index in [4.69, 9.17) is 35.3 Å². The number of nitrogens with zero attached hydrogens (tertiary/aromatic N) is 1. The molecule has 9 heteroatoms. The first-order valence-electron chi connectivity index (χ1n) is 10.5. The summed E-state index contributed by atoms with van der Waals surface area (Å²) in [6.45, 7) is 2.48. The predicted octanol–water partition coefficient (Wildman–Crippen LogP) is 4.38. The Morgan fingerprint density at radius 3 is 2.39 bits per heavy atom. The Kier molecular flexibility index (Phi) is 8.55. The van der Waals surface area contributed by atoms with Crippen LogP contribution in [0.2, 0.25) is 5.02 Å². The van der Waals surface area contributed by atoms with Gasteiger partial charge in [-0.15, -0.1) is 0 Å². The maximum Gasteiger partial charge on any atom is 0.337 e. The molecule has 1 saturated heterocycles. The minimum Gasteiger partial charge on any atom is -0.467 e. The summed E-state index contributed by atoms with van der Waals surface area (Å²) in [5, 5.41) is 0.264. The molecule has 33 heavy (non-hydrogen) atoms. The molecule has 3 rings (SSSR count). The van der Waals surface area contributed by atoms with Crippen molar-refractivity contribution in [3.8, 4) is 11.5 Å². The molecule has 1 aliphatic rings. The Labute approximate surface area is 198 Å². The fourth-order valence-electron chi connectivity index (χ4n) is 3.91. The number of hydrogen-bond donors (Lipinski definition) is 0. The molecule has 1 fully saturated rings. The van der Waals surface area contributed by atoms with Crippen molar-refractivity contribution in [1.29, 1.82) is 0 Å². The van der Waals surface area contributed by atoms with Crippen molar-refractivity contribution in [2.24, 2.45) is 0 Å². The normalized spacial score (nSPS) is 15.4. The van der Waals surface area contributed by atoms with Gasteiger partial charge in [-0.25, -0.2) is 4.79 Å². The first kappa shape index (κ1) is 24.8. The summed E-state index contributed by atoms with van der Waals surface area (Å²) in [5.41, 5.74) is 2.65. The molecule has 2 aromatic carbocycles. The third-order valence-electron chi connectivity index (χ3n) is 5.50. The van der Waals surface area contributed by atoms with E-state index in [1.54, 1.807) is 23.1 Å². The molecule has 0 spiro atoms. The average molecular weight is 478 g/mol. The van der Waals surface area contributed by atoms with Gasteiger partial charge in [-0.05, 0) is 49.1 Å². The molecule has 0 aliphatic carbocycles. The number of methoxy groups -OCH3 is 3. The van der Waals surface area contributed by atoms with Gasteiger partial charge in [0.2, 0.25) is 0 Å². The van der Waals surface area contributed by atoms with Crippen LogP contribution in [0.4, 0.5) is 0 Å². The van der Waals surface area contributed by atoms with E-state index in [1.165, 1.54) is 27.4 Å². The van der Waals surface area contributed by atoms with Crippen molar-refractivity contribution in [2.45, 2.75) is 25.8 Å². The van der Waals surface area contributed by atoms with Crippen LogP contribution in [0.15, 0.2) is 30.3 Å². The lowest BCUT2D eigenvalue weighted by Crippen LogP contribution is -2.31. The molecular weight excluding hydrogens is 450 g/mol. The van der Waals surface area contributed by atoms with Crippen molar-refractivity contribution in [2.75, 3.05) is 41.5 Å². The minimum absolute atomic E-state index is 0.000736. The van der Waals surface area contributed by atoms with Gasteiger partial charge in [0.05, 0.1) is 29.3 Å². The molecule has 0 bridgehead atoms. The van der Waals surface area contributed by atoms with Gasteiger partial charge < -0.3 is 28.6 Å². The molecule has 1 unspecified atom stereocenters. The molecule has 2 aromatic rings. The van der Waals surface area contributed by atoms with E-state index in [0.717, 1.165) is 24.0 Å². The number of likely N-dealkylation sites (tertiary alicyclic amines) is 1. The Hall–Kier alpha value is -2.81. The summed E-state index contributed by atoms with van der Waals surface area (Å²) in [4.78, 5) is 27.5. The Morgan fingerprint density at radius 2 is 1.73 bits per heavy atom. The summed E-state index contributed by atoms with van der Waals surface area (Å²) in [6, 6.07) is 8.29. The highest BCUT2D eigenvalue weighted by atomic mass is 35.5. The zero-order chi connectivity index (χ0) is 24.0. The van der Waals surface area contributed by atoms with Gasteiger partial charge in [-0.1, -0.05) is 17.7 Å². The summed E-state index contributed by atoms with van der Waals surface area (Å²) < 4.78 is 26.0. The molecule has 1 atom stereocenters. The van der Waals surface area contributed by atoms with Gasteiger partial charge in [0.25, 0.3) is 5.91 Å². The lowest BCUT2D eigenvalue weighted by atomic mass is 9.96. The zero-order valence-corrected chi connectivity index (χ0v) is 19.9. The monoisotopic (exact) mass is 477 g/mol. The second kappa shape index (κ2) is 11.4. The molecule has 1 aliphatic heterocycles. The molecule has 8 nitrogen and oxygen atoms in total. The number of esters is 1. The first-order valence-corrected chi connectivity index (χ1v) is 10.9. The third-order valence-corrected chi connectivity index (χ3v) is 5.80. The number of ether oxygens (including phenoxy) is 5. The van der Waals surface area contributed by atoms with Crippen LogP contribution in [0.1, 0.15) is 50.7 Å². The van der Waals surface area contributed by atoms with Crippen molar-refractivity contribution in [1.82, 2.24) is 4.90 Å². The second-order valence-electron chi connectivity index (χ2n) is 7.60. The number of carbonyl (C=O) groups is 2. The second-order valence-corrected chi connectivity index (χ2v) is 8.01. The van der Waals surface area contributed by atoms with Crippen LogP contribution >= 0.6 is 11.6 Å². The largest absolute Gasteiger partial charge is 0.467 e. The summed E-state index contributed by atoms with van der Waals surface area (Å²) in [5.74, 6) is -0.0173. The number of amides is 1. The van der Waals surface area contributed by atoms with Crippen LogP contribution in [-0.2, 0) is 14.2 Å². The first-order chi connectivity index (χ1) is 15.9. The quantitative estimate of drug-likeness (QED) is 0.391. The van der Waals surface area contributed by atoms with Gasteiger partial charge in [0, 0.05) is 26.8 Å². The van der Waals surface area contributed by atoms with E-state index in [0.29, 0.717) is 29.2 Å². The van der Waals surface area contributed by atoms with Gasteiger partial charge in [-0.2, -0.15) is 0 Å². The van der Waals surface area contributed by atoms with E-state index >= 15 is 0 Å². The van der Waals surface area contributed by atoms with Crippen LogP contribution in [-0.4, -0.2) is 58.2 Å². The van der Waals surface area contributed by atoms with Crippen LogP contribution < -0.4 is 9.47 Å². The minimum atomic E-state index is -0.416. The number of aryl methyl sites for hydroxylation is 1. The highest BCUT2D eigenvalue weighted by Crippen LogP contribution is 2.39. The van der Waals surface area contributed by atoms with Gasteiger partial charge in [-0.3, -0.25) is 4.79 Å². The van der Waals surface area contributed by atoms with Crippen LogP contribution in [0.3, 0.4) is 0 Å². The average Bonchev–Trinajstić information content (AvgIpc) is 3.31. The predicted molar refractivity (Wildman–Crippen MR) is 122 cm³/mol. The molecule has 178 valence electrons. The van der Waals surface area contributed by atoms with Crippen LogP contribution in [0, 0.1) is 6.92 Å². The van der Waals surface area contributed by atoms with Crippen molar-refractivity contribution >= 4 is 23.5 Å². The highest BCUT2D eigenvalue weighted by Gasteiger charge is 2.33. The summed E-state index contributed by atoms with van der Waals surface area (Å²) in [6.07, 6.45) is 1.60. The summed E-state index contributed by atoms with van der Waals surface area (Å²) in [7, 11) is 4.34. The maximum atomic E-state index is 13.7. The smallest absolute Gasteiger partial charge is 0.337 e. The fraction of sp³-hybridized carbons (Fsp3) is 0.417. The van der Waals surface area contributed by atoms with Gasteiger partial charge in [0.1, 0.15) is 11.5 Å². The number of carbonyl (C=O) groups excluding carboxylic acids is 2. The number of rotatable bonds is 9. The fourth-order valence-corrected chi connectivity index (χ4v) is 4.13. The molecule has 0 radical (unpaired) electrons. The van der Waals surface area contributed by atoms with Crippen molar-refractivity contribution in [3.05, 3.63) is 57.6 Å². The Balaban J connectivity index is 1.97. The van der Waals surface area contributed by atoms with E-state index in [2.05, 4.69) is 0 Å². The maximum absolute atomic E-state index is 13.7. The molecule has 1 amide bonds. The topological polar surface area (TPSA) is 83.5 Å². The van der Waals surface area contributed by atoms with Crippen LogP contribution in [0.25, 0.3) is 0 Å². The third kappa shape index (κ3) is 5.58. The molecular formula is C24H28ClNO7. The standard InChI is InChI=1S/C24H28ClNO7/c1-15-7-8-16(24(28)31-4)10-17(15)20-6-5-9-26(20)23(27)18-11-19(25)22(33-14-30-3)12-21(18)32-13-29-2/h7-8,10-12,20H,5-6,9,13-14H2,1-4H3. The number of hydrogen-bond acceptors (Lipinski definition) is 7. The van der Waals surface area contributed by atoms with Crippen molar-refractivity contribution in [3.63, 3.8) is 0 Å². The Bertz CT molecular complexity index is 1010. The van der Waals surface area contributed by atoms with Gasteiger partial charge >= 0.3 is 5.97 Å². The van der Waals surface area contributed by atoms with Gasteiger partial charge in [0.15, 0.2) is 13.6 Å². The van der Waals surface area contributed by atoms with Crippen molar-refractivity contribution < 1.29 is 33.3 Å². The SMILES string of the molecule is COCOc1cc(OCOC)c(C(=O)N2CCCC2c2cc(C(=O)OC)ccc2C)cc1Cl. The summed E-state index contributed by atoms with van der Waals surface area (Å²) >= 11 is 6.38. The highest BCUT2D eigenvalue weighted by molar-refractivity contribution is 6.32. The van der Waals surface area contributed by atoms with E-state index < -0.39 is 5.97 Å². The van der Waals surface area contributed by atoms with Crippen LogP contribution in [0.5, 0.6) is 11.5 Å². The lowest BCUT2D eigenvalue weighted by molar-refractivity contribution is 0.0448. The van der Waals surface area contributed by atoms with E-state index in [1.807, 2.05) is 13.0 Å². The van der Waals surface area contributed by atoms with E-state index in [-0.39, 0.29) is 30.6 Å². The zero-order valence-electron chi connectivity index (χ0n) is 19.2. The molecule has 0 saturated carbocycles. The number of benzene rings is 2. The number of halogens is 1.